The van der Waals surface area contributed by atoms with E-state index in [4.69, 9.17) is 4.42 Å². The molecule has 10 nitrogen and oxygen atoms in total. The lowest BCUT2D eigenvalue weighted by Crippen LogP contribution is -2.35. The van der Waals surface area contributed by atoms with Gasteiger partial charge in [-0.05, 0) is 26.0 Å². The number of nitrogens with one attached hydrogen (secondary N) is 3. The molecule has 134 valence electrons. The van der Waals surface area contributed by atoms with Gasteiger partial charge in [0.05, 0.1) is 18.5 Å². The quantitative estimate of drug-likeness (QED) is 0.580. The van der Waals surface area contributed by atoms with Gasteiger partial charge in [-0.1, -0.05) is 0 Å². The van der Waals surface area contributed by atoms with E-state index in [0.29, 0.717) is 17.1 Å². The van der Waals surface area contributed by atoms with E-state index in [-0.39, 0.29) is 23.9 Å². The highest BCUT2D eigenvalue weighted by atomic mass is 16.3. The molecular weight excluding hydrogens is 340 g/mol. The number of carbonyl (C=O) groups is 2. The largest absolute Gasteiger partial charge is 0.467 e. The fourth-order valence-corrected chi connectivity index (χ4v) is 2.25. The van der Waals surface area contributed by atoms with Gasteiger partial charge in [0.1, 0.15) is 11.6 Å². The highest BCUT2D eigenvalue weighted by Crippen LogP contribution is 2.13. The Kier molecular flexibility index (Phi) is 4.65. The van der Waals surface area contributed by atoms with Gasteiger partial charge in [-0.3, -0.25) is 19.4 Å². The van der Waals surface area contributed by atoms with Crippen LogP contribution in [0.5, 0.6) is 0 Å². The highest BCUT2D eigenvalue weighted by Gasteiger charge is 2.18. The molecule has 0 atom stereocenters. The zero-order valence-electron chi connectivity index (χ0n) is 14.1. The molecule has 0 aliphatic heterocycles. The smallest absolute Gasteiger partial charge is 0.314 e. The van der Waals surface area contributed by atoms with Crippen molar-refractivity contribution in [1.82, 2.24) is 25.1 Å². The van der Waals surface area contributed by atoms with Crippen molar-refractivity contribution >= 4 is 17.6 Å². The van der Waals surface area contributed by atoms with Crippen LogP contribution in [0.3, 0.4) is 0 Å². The Balaban J connectivity index is 1.76. The monoisotopic (exact) mass is 356 g/mol. The predicted octanol–water partition coefficient (Wildman–Crippen LogP) is 0.420. The first kappa shape index (κ1) is 17.1. The molecule has 3 aromatic heterocycles. The van der Waals surface area contributed by atoms with Crippen LogP contribution in [0.25, 0.3) is 5.95 Å². The van der Waals surface area contributed by atoms with Crippen molar-refractivity contribution in [2.75, 3.05) is 5.32 Å². The zero-order valence-corrected chi connectivity index (χ0v) is 14.1. The van der Waals surface area contributed by atoms with Crippen LogP contribution in [0, 0.1) is 13.8 Å². The molecule has 2 amide bonds. The van der Waals surface area contributed by atoms with Crippen LogP contribution in [0.15, 0.2) is 39.7 Å². The fraction of sp³-hybridized carbons (Fsp3) is 0.188. The highest BCUT2D eigenvalue weighted by molar-refractivity contribution is 6.39. The first-order chi connectivity index (χ1) is 12.4. The summed E-state index contributed by atoms with van der Waals surface area (Å²) in [5.74, 6) is -0.859. The van der Waals surface area contributed by atoms with Crippen LogP contribution >= 0.6 is 0 Å². The first-order valence-electron chi connectivity index (χ1n) is 7.69. The van der Waals surface area contributed by atoms with Gasteiger partial charge in [0.15, 0.2) is 0 Å². The second-order valence-electron chi connectivity index (χ2n) is 5.51. The van der Waals surface area contributed by atoms with Gasteiger partial charge in [0.2, 0.25) is 5.95 Å². The Bertz CT molecular complexity index is 1000. The molecule has 0 aromatic carbocycles. The molecule has 3 N–H and O–H groups in total. The average Bonchev–Trinajstić information content (AvgIpc) is 3.21. The lowest BCUT2D eigenvalue weighted by atomic mass is 10.4. The summed E-state index contributed by atoms with van der Waals surface area (Å²) in [4.78, 5) is 42.4. The number of aryl methyl sites for hydroxylation is 2. The van der Waals surface area contributed by atoms with Gasteiger partial charge in [0, 0.05) is 17.8 Å². The molecule has 0 radical (unpaired) electrons. The van der Waals surface area contributed by atoms with Crippen LogP contribution in [0.1, 0.15) is 17.1 Å². The van der Waals surface area contributed by atoms with Gasteiger partial charge in [-0.25, -0.2) is 4.98 Å². The van der Waals surface area contributed by atoms with Crippen molar-refractivity contribution in [3.8, 4) is 5.95 Å². The molecule has 0 aliphatic carbocycles. The summed E-state index contributed by atoms with van der Waals surface area (Å²) in [6.07, 6.45) is 1.47. The van der Waals surface area contributed by atoms with Crippen LogP contribution in [-0.2, 0) is 16.1 Å². The van der Waals surface area contributed by atoms with Gasteiger partial charge < -0.3 is 15.1 Å². The second kappa shape index (κ2) is 7.05. The van der Waals surface area contributed by atoms with Gasteiger partial charge in [-0.15, -0.1) is 0 Å². The molecule has 3 rings (SSSR count). The SMILES string of the molecule is Cc1cc(=O)[nH]c(-n2nc(C)cc2NC(=O)C(=O)NCc2ccco2)n1. The molecular formula is C16H16N6O4. The third-order valence-corrected chi connectivity index (χ3v) is 3.34. The van der Waals surface area contributed by atoms with Crippen molar-refractivity contribution in [2.24, 2.45) is 0 Å². The first-order valence-corrected chi connectivity index (χ1v) is 7.69. The van der Waals surface area contributed by atoms with Crippen molar-refractivity contribution in [1.29, 1.82) is 0 Å². The number of anilines is 1. The molecule has 0 fully saturated rings. The standard InChI is InChI=1S/C16H16N6O4/c1-9-7-13(23)20-16(18-9)22-12(6-10(2)21-22)19-15(25)14(24)17-8-11-4-3-5-26-11/h3-7H,8H2,1-2H3,(H,17,24)(H,19,25)(H,18,20,23). The molecule has 0 aliphatic rings. The number of rotatable bonds is 4. The predicted molar refractivity (Wildman–Crippen MR) is 90.6 cm³/mol. The molecule has 3 aromatic rings. The number of aromatic nitrogens is 4. The Morgan fingerprint density at radius 3 is 2.73 bits per heavy atom. The summed E-state index contributed by atoms with van der Waals surface area (Å²) in [6.45, 7) is 3.46. The third kappa shape index (κ3) is 3.86. The summed E-state index contributed by atoms with van der Waals surface area (Å²) in [5, 5.41) is 9.08. The van der Waals surface area contributed by atoms with Crippen molar-refractivity contribution in [3.05, 3.63) is 58.0 Å². The van der Waals surface area contributed by atoms with Gasteiger partial charge in [0.25, 0.3) is 5.56 Å². The normalized spacial score (nSPS) is 10.5. The van der Waals surface area contributed by atoms with E-state index in [9.17, 15) is 14.4 Å². The van der Waals surface area contributed by atoms with E-state index in [2.05, 4.69) is 25.7 Å². The van der Waals surface area contributed by atoms with E-state index in [1.807, 2.05) is 0 Å². The van der Waals surface area contributed by atoms with Crippen LogP contribution in [-0.4, -0.2) is 31.6 Å². The number of H-pyrrole nitrogens is 1. The van der Waals surface area contributed by atoms with Gasteiger partial charge in [-0.2, -0.15) is 9.78 Å². The maximum Gasteiger partial charge on any atom is 0.314 e. The number of carbonyl (C=O) groups excluding carboxylic acids is 2. The minimum atomic E-state index is -0.882. The maximum atomic E-state index is 12.1. The van der Waals surface area contributed by atoms with Crippen molar-refractivity contribution in [3.63, 3.8) is 0 Å². The van der Waals surface area contributed by atoms with E-state index in [1.165, 1.54) is 17.0 Å². The Morgan fingerprint density at radius 2 is 2.04 bits per heavy atom. The minimum Gasteiger partial charge on any atom is -0.467 e. The summed E-state index contributed by atoms with van der Waals surface area (Å²) in [6, 6.07) is 6.25. The van der Waals surface area contributed by atoms with Crippen LogP contribution in [0.2, 0.25) is 0 Å². The molecule has 3 heterocycles. The summed E-state index contributed by atoms with van der Waals surface area (Å²) in [5.41, 5.74) is 0.708. The van der Waals surface area contributed by atoms with Crippen LogP contribution < -0.4 is 16.2 Å². The van der Waals surface area contributed by atoms with E-state index >= 15 is 0 Å². The molecule has 0 spiro atoms. The number of aromatic amines is 1. The molecule has 0 bridgehead atoms. The van der Waals surface area contributed by atoms with E-state index < -0.39 is 11.8 Å². The fourth-order valence-electron chi connectivity index (χ4n) is 2.25. The van der Waals surface area contributed by atoms with E-state index in [0.717, 1.165) is 0 Å². The Hall–Kier alpha value is -3.69. The maximum absolute atomic E-state index is 12.1. The number of hydrogen-bond acceptors (Lipinski definition) is 6. The number of furan rings is 1. The molecule has 10 heteroatoms. The third-order valence-electron chi connectivity index (χ3n) is 3.34. The number of amides is 2. The molecule has 0 saturated heterocycles. The lowest BCUT2D eigenvalue weighted by Gasteiger charge is -2.08. The topological polar surface area (TPSA) is 135 Å². The Labute approximate surface area is 147 Å². The van der Waals surface area contributed by atoms with Gasteiger partial charge >= 0.3 is 11.8 Å². The van der Waals surface area contributed by atoms with Crippen molar-refractivity contribution < 1.29 is 14.0 Å². The number of hydrogen-bond donors (Lipinski definition) is 3. The van der Waals surface area contributed by atoms with Crippen molar-refractivity contribution in [2.45, 2.75) is 20.4 Å². The lowest BCUT2D eigenvalue weighted by molar-refractivity contribution is -0.136. The van der Waals surface area contributed by atoms with Crippen LogP contribution in [0.4, 0.5) is 5.82 Å². The summed E-state index contributed by atoms with van der Waals surface area (Å²) >= 11 is 0. The second-order valence-corrected chi connectivity index (χ2v) is 5.51. The summed E-state index contributed by atoms with van der Waals surface area (Å²) < 4.78 is 6.33. The van der Waals surface area contributed by atoms with E-state index in [1.54, 1.807) is 32.0 Å². The molecule has 0 unspecified atom stereocenters. The zero-order chi connectivity index (χ0) is 18.7. The minimum absolute atomic E-state index is 0.0876. The average molecular weight is 356 g/mol. The number of nitrogens with zero attached hydrogens (tertiary/aromatic N) is 3. The summed E-state index contributed by atoms with van der Waals surface area (Å²) in [7, 11) is 0. The molecule has 0 saturated carbocycles. The Morgan fingerprint density at radius 1 is 1.23 bits per heavy atom. The molecule has 26 heavy (non-hydrogen) atoms.